The van der Waals surface area contributed by atoms with Gasteiger partial charge in [0.05, 0.1) is 13.7 Å². The van der Waals surface area contributed by atoms with Crippen LogP contribution in [0.1, 0.15) is 37.8 Å². The van der Waals surface area contributed by atoms with E-state index in [0.717, 1.165) is 24.3 Å². The predicted molar refractivity (Wildman–Crippen MR) is 84.7 cm³/mol. The van der Waals surface area contributed by atoms with Crippen molar-refractivity contribution in [2.75, 3.05) is 20.3 Å². The number of rotatable bonds is 8. The summed E-state index contributed by atoms with van der Waals surface area (Å²) in [6.45, 7) is 9.25. The van der Waals surface area contributed by atoms with Gasteiger partial charge in [-0.15, -0.1) is 0 Å². The quantitative estimate of drug-likeness (QED) is 0.591. The molecule has 0 heterocycles. The first kappa shape index (κ1) is 17.5. The van der Waals surface area contributed by atoms with Crippen LogP contribution in [0.25, 0.3) is 0 Å². The number of carbonyl (C=O) groups excluding carboxylic acids is 1. The van der Waals surface area contributed by atoms with Gasteiger partial charge in [0.2, 0.25) is 0 Å². The fourth-order valence-corrected chi connectivity index (χ4v) is 2.35. The van der Waals surface area contributed by atoms with Gasteiger partial charge in [-0.3, -0.25) is 4.79 Å². The van der Waals surface area contributed by atoms with E-state index in [4.69, 9.17) is 9.47 Å². The third kappa shape index (κ3) is 5.05. The van der Waals surface area contributed by atoms with Gasteiger partial charge in [-0.1, -0.05) is 19.1 Å². The molecule has 0 saturated carbocycles. The lowest BCUT2D eigenvalue weighted by Crippen LogP contribution is -2.50. The van der Waals surface area contributed by atoms with E-state index >= 15 is 0 Å². The van der Waals surface area contributed by atoms with Gasteiger partial charge in [-0.2, -0.15) is 0 Å². The molecule has 0 saturated heterocycles. The monoisotopic (exact) mass is 293 g/mol. The third-order valence-electron chi connectivity index (χ3n) is 3.63. The van der Waals surface area contributed by atoms with Crippen molar-refractivity contribution >= 4 is 5.97 Å². The smallest absolute Gasteiger partial charge is 0.325 e. The fourth-order valence-electron chi connectivity index (χ4n) is 2.35. The first-order chi connectivity index (χ1) is 9.92. The van der Waals surface area contributed by atoms with E-state index in [9.17, 15) is 4.79 Å². The SMILES string of the molecule is CCNC(C)(CCCOc1cc(C)ccc1C)C(=O)OC. The summed E-state index contributed by atoms with van der Waals surface area (Å²) in [5, 5.41) is 3.20. The summed E-state index contributed by atoms with van der Waals surface area (Å²) in [5.74, 6) is 0.689. The molecule has 0 aliphatic rings. The zero-order chi connectivity index (χ0) is 15.9. The van der Waals surface area contributed by atoms with E-state index in [1.807, 2.05) is 33.8 Å². The number of carbonyl (C=O) groups is 1. The normalized spacial score (nSPS) is 13.6. The van der Waals surface area contributed by atoms with Gasteiger partial charge >= 0.3 is 5.97 Å². The van der Waals surface area contributed by atoms with E-state index in [2.05, 4.69) is 17.4 Å². The fraction of sp³-hybridized carbons (Fsp3) is 0.588. The van der Waals surface area contributed by atoms with Crippen molar-refractivity contribution in [2.24, 2.45) is 0 Å². The van der Waals surface area contributed by atoms with Crippen molar-refractivity contribution in [2.45, 2.75) is 46.1 Å². The average Bonchev–Trinajstić information content (AvgIpc) is 2.46. The minimum Gasteiger partial charge on any atom is -0.493 e. The highest BCUT2D eigenvalue weighted by molar-refractivity contribution is 5.80. The largest absolute Gasteiger partial charge is 0.493 e. The lowest BCUT2D eigenvalue weighted by atomic mass is 9.96. The number of benzene rings is 1. The van der Waals surface area contributed by atoms with Crippen LogP contribution in [0.2, 0.25) is 0 Å². The molecule has 1 aromatic carbocycles. The van der Waals surface area contributed by atoms with Crippen molar-refractivity contribution < 1.29 is 14.3 Å². The second-order valence-electron chi connectivity index (χ2n) is 5.57. The Morgan fingerprint density at radius 3 is 2.67 bits per heavy atom. The number of likely N-dealkylation sites (N-methyl/N-ethyl adjacent to an activating group) is 1. The van der Waals surface area contributed by atoms with Crippen LogP contribution in [0.15, 0.2) is 18.2 Å². The van der Waals surface area contributed by atoms with Crippen molar-refractivity contribution in [1.29, 1.82) is 0 Å². The maximum Gasteiger partial charge on any atom is 0.325 e. The van der Waals surface area contributed by atoms with Gasteiger partial charge in [0.15, 0.2) is 0 Å². The number of nitrogens with one attached hydrogen (secondary N) is 1. The molecule has 4 nitrogen and oxygen atoms in total. The van der Waals surface area contributed by atoms with Crippen LogP contribution in [0.5, 0.6) is 5.75 Å². The van der Waals surface area contributed by atoms with Crippen LogP contribution < -0.4 is 10.1 Å². The number of ether oxygens (including phenoxy) is 2. The molecule has 1 N–H and O–H groups in total. The van der Waals surface area contributed by atoms with Gasteiger partial charge in [-0.25, -0.2) is 0 Å². The summed E-state index contributed by atoms with van der Waals surface area (Å²) in [7, 11) is 1.42. The molecule has 118 valence electrons. The van der Waals surface area contributed by atoms with Gasteiger partial charge in [0.1, 0.15) is 11.3 Å². The van der Waals surface area contributed by atoms with Crippen molar-refractivity contribution in [3.05, 3.63) is 29.3 Å². The topological polar surface area (TPSA) is 47.6 Å². The Morgan fingerprint density at radius 1 is 1.33 bits per heavy atom. The summed E-state index contributed by atoms with van der Waals surface area (Å²) < 4.78 is 10.7. The van der Waals surface area contributed by atoms with Crippen LogP contribution in [0.4, 0.5) is 0 Å². The molecule has 0 fully saturated rings. The zero-order valence-electron chi connectivity index (χ0n) is 13.8. The van der Waals surface area contributed by atoms with Gasteiger partial charge < -0.3 is 14.8 Å². The molecule has 0 aliphatic heterocycles. The molecule has 1 aromatic rings. The van der Waals surface area contributed by atoms with Crippen LogP contribution >= 0.6 is 0 Å². The van der Waals surface area contributed by atoms with Gasteiger partial charge in [0.25, 0.3) is 0 Å². The molecule has 1 atom stereocenters. The van der Waals surface area contributed by atoms with Crippen molar-refractivity contribution in [3.63, 3.8) is 0 Å². The van der Waals surface area contributed by atoms with E-state index in [-0.39, 0.29) is 5.97 Å². The van der Waals surface area contributed by atoms with Crippen molar-refractivity contribution in [3.8, 4) is 5.75 Å². The Balaban J connectivity index is 2.51. The van der Waals surface area contributed by atoms with Crippen LogP contribution in [0.3, 0.4) is 0 Å². The molecule has 1 unspecified atom stereocenters. The highest BCUT2D eigenvalue weighted by atomic mass is 16.5. The number of hydrogen-bond donors (Lipinski definition) is 1. The molecule has 21 heavy (non-hydrogen) atoms. The summed E-state index contributed by atoms with van der Waals surface area (Å²) in [6, 6.07) is 6.17. The maximum absolute atomic E-state index is 11.9. The predicted octanol–water partition coefficient (Wildman–Crippen LogP) is 3.00. The highest BCUT2D eigenvalue weighted by Gasteiger charge is 2.32. The first-order valence-electron chi connectivity index (χ1n) is 7.46. The molecule has 1 rings (SSSR count). The lowest BCUT2D eigenvalue weighted by Gasteiger charge is -2.27. The Labute approximate surface area is 127 Å². The lowest BCUT2D eigenvalue weighted by molar-refractivity contribution is -0.148. The number of hydrogen-bond acceptors (Lipinski definition) is 4. The molecule has 0 aromatic heterocycles. The molecule has 4 heteroatoms. The zero-order valence-corrected chi connectivity index (χ0v) is 13.8. The molecule has 0 aliphatic carbocycles. The standard InChI is InChI=1S/C17H27NO3/c1-6-18-17(4,16(19)20-5)10-7-11-21-15-12-13(2)8-9-14(15)3/h8-9,12,18H,6-7,10-11H2,1-5H3. The van der Waals surface area contributed by atoms with Crippen LogP contribution in [-0.4, -0.2) is 31.8 Å². The third-order valence-corrected chi connectivity index (χ3v) is 3.63. The van der Waals surface area contributed by atoms with Crippen LogP contribution in [0, 0.1) is 13.8 Å². The minimum absolute atomic E-state index is 0.226. The van der Waals surface area contributed by atoms with Crippen LogP contribution in [-0.2, 0) is 9.53 Å². The molecular formula is C17H27NO3. The Bertz CT molecular complexity index is 473. The molecule has 0 bridgehead atoms. The maximum atomic E-state index is 11.9. The number of esters is 1. The van der Waals surface area contributed by atoms with E-state index in [1.165, 1.54) is 12.7 Å². The summed E-state index contributed by atoms with van der Waals surface area (Å²) in [4.78, 5) is 11.9. The Kier molecular flexibility index (Phi) is 6.69. The molecule has 0 radical (unpaired) electrons. The summed E-state index contributed by atoms with van der Waals surface area (Å²) >= 11 is 0. The highest BCUT2D eigenvalue weighted by Crippen LogP contribution is 2.20. The van der Waals surface area contributed by atoms with E-state index in [1.54, 1.807) is 0 Å². The molecule has 0 spiro atoms. The Hall–Kier alpha value is -1.55. The van der Waals surface area contributed by atoms with Gasteiger partial charge in [-0.05, 0) is 57.4 Å². The van der Waals surface area contributed by atoms with E-state index in [0.29, 0.717) is 13.0 Å². The Morgan fingerprint density at radius 2 is 2.05 bits per heavy atom. The van der Waals surface area contributed by atoms with Gasteiger partial charge in [0, 0.05) is 0 Å². The second kappa shape index (κ2) is 8.03. The number of methoxy groups -OCH3 is 1. The first-order valence-corrected chi connectivity index (χ1v) is 7.46. The number of aryl methyl sites for hydroxylation is 2. The second-order valence-corrected chi connectivity index (χ2v) is 5.57. The molecular weight excluding hydrogens is 266 g/mol. The van der Waals surface area contributed by atoms with Crippen molar-refractivity contribution in [1.82, 2.24) is 5.32 Å². The summed E-state index contributed by atoms with van der Waals surface area (Å²) in [5.41, 5.74) is 1.67. The van der Waals surface area contributed by atoms with E-state index < -0.39 is 5.54 Å². The average molecular weight is 293 g/mol. The summed E-state index contributed by atoms with van der Waals surface area (Å²) in [6.07, 6.45) is 1.46. The molecule has 0 amide bonds. The minimum atomic E-state index is -0.644.